The summed E-state index contributed by atoms with van der Waals surface area (Å²) in [4.78, 5) is 25.1. The van der Waals surface area contributed by atoms with Crippen LogP contribution in [0.4, 0.5) is 20.2 Å². The molecule has 0 aliphatic carbocycles. The van der Waals surface area contributed by atoms with Gasteiger partial charge < -0.3 is 10.6 Å². The lowest BCUT2D eigenvalue weighted by Gasteiger charge is -2.28. The Hall–Kier alpha value is -3.01. The van der Waals surface area contributed by atoms with Gasteiger partial charge in [-0.05, 0) is 37.6 Å². The van der Waals surface area contributed by atoms with Gasteiger partial charge in [-0.1, -0.05) is 19.1 Å². The number of hydrogen-bond donors (Lipinski definition) is 2. The van der Waals surface area contributed by atoms with Crippen molar-refractivity contribution in [3.05, 3.63) is 59.7 Å². The minimum Gasteiger partial charge on any atom is -0.352 e. The number of sulfonamides is 1. The van der Waals surface area contributed by atoms with Crippen molar-refractivity contribution in [3.8, 4) is 0 Å². The number of benzene rings is 2. The zero-order valence-electron chi connectivity index (χ0n) is 16.8. The van der Waals surface area contributed by atoms with E-state index in [-0.39, 0.29) is 22.8 Å². The first-order valence-corrected chi connectivity index (χ1v) is 11.0. The molecule has 2 aromatic carbocycles. The van der Waals surface area contributed by atoms with Gasteiger partial charge in [0.25, 0.3) is 5.91 Å². The van der Waals surface area contributed by atoms with Crippen LogP contribution >= 0.6 is 0 Å². The summed E-state index contributed by atoms with van der Waals surface area (Å²) in [5.41, 5.74) is 0.208. The maximum absolute atomic E-state index is 13.6. The van der Waals surface area contributed by atoms with Gasteiger partial charge in [0.05, 0.1) is 23.2 Å². The van der Waals surface area contributed by atoms with Crippen LogP contribution in [0.2, 0.25) is 0 Å². The highest BCUT2D eigenvalue weighted by Gasteiger charge is 2.30. The van der Waals surface area contributed by atoms with Crippen molar-refractivity contribution in [1.82, 2.24) is 5.32 Å². The number of halogens is 2. The van der Waals surface area contributed by atoms with Crippen molar-refractivity contribution in [2.45, 2.75) is 26.3 Å². The van der Waals surface area contributed by atoms with E-state index in [1.165, 1.54) is 19.1 Å². The number of para-hydroxylation sites is 1. The number of carbonyl (C=O) groups excluding carboxylic acids is 2. The van der Waals surface area contributed by atoms with Gasteiger partial charge in [-0.25, -0.2) is 17.2 Å². The molecule has 0 heterocycles. The highest BCUT2D eigenvalue weighted by atomic mass is 32.2. The Balaban J connectivity index is 2.33. The van der Waals surface area contributed by atoms with E-state index in [1.54, 1.807) is 12.1 Å². The van der Waals surface area contributed by atoms with Gasteiger partial charge >= 0.3 is 0 Å². The molecule has 30 heavy (non-hydrogen) atoms. The molecule has 0 aliphatic rings. The summed E-state index contributed by atoms with van der Waals surface area (Å²) in [6.45, 7) is 3.65. The van der Waals surface area contributed by atoms with Crippen LogP contribution < -0.4 is 14.9 Å². The highest BCUT2D eigenvalue weighted by Crippen LogP contribution is 2.24. The zero-order valence-corrected chi connectivity index (χ0v) is 17.6. The van der Waals surface area contributed by atoms with Crippen molar-refractivity contribution in [2.75, 3.05) is 22.4 Å². The Kier molecular flexibility index (Phi) is 7.49. The number of nitrogens with one attached hydrogen (secondary N) is 2. The Labute approximate surface area is 174 Å². The molecular weight excluding hydrogens is 416 g/mol. The Morgan fingerprint density at radius 1 is 1.10 bits per heavy atom. The van der Waals surface area contributed by atoms with E-state index in [1.807, 2.05) is 6.92 Å². The second kappa shape index (κ2) is 9.66. The molecule has 2 amide bonds. The summed E-state index contributed by atoms with van der Waals surface area (Å²) in [5, 5.41) is 5.24. The molecule has 2 aromatic rings. The molecule has 1 unspecified atom stereocenters. The van der Waals surface area contributed by atoms with Gasteiger partial charge in [-0.15, -0.1) is 0 Å². The lowest BCUT2D eigenvalue weighted by atomic mass is 10.1. The smallest absolute Gasteiger partial charge is 0.253 e. The van der Waals surface area contributed by atoms with E-state index in [2.05, 4.69) is 10.6 Å². The van der Waals surface area contributed by atoms with E-state index in [0.29, 0.717) is 16.9 Å². The monoisotopic (exact) mass is 439 g/mol. The summed E-state index contributed by atoms with van der Waals surface area (Å²) < 4.78 is 52.2. The molecule has 7 nitrogen and oxygen atoms in total. The topological polar surface area (TPSA) is 95.6 Å². The van der Waals surface area contributed by atoms with Crippen LogP contribution in [0, 0.1) is 11.6 Å². The van der Waals surface area contributed by atoms with Crippen LogP contribution in [0.25, 0.3) is 0 Å². The Morgan fingerprint density at radius 3 is 2.37 bits per heavy atom. The first kappa shape index (κ1) is 23.3. The van der Waals surface area contributed by atoms with Gasteiger partial charge in [-0.3, -0.25) is 13.9 Å². The van der Waals surface area contributed by atoms with Crippen LogP contribution in [-0.4, -0.2) is 39.1 Å². The average Bonchev–Trinajstić information content (AvgIpc) is 2.68. The summed E-state index contributed by atoms with van der Waals surface area (Å²) in [5.74, 6) is -3.52. The number of rotatable bonds is 8. The number of carbonyl (C=O) groups is 2. The largest absolute Gasteiger partial charge is 0.352 e. The molecule has 0 saturated carbocycles. The normalized spacial score (nSPS) is 12.2. The summed E-state index contributed by atoms with van der Waals surface area (Å²) in [6.07, 6.45) is 1.58. The van der Waals surface area contributed by atoms with Crippen molar-refractivity contribution in [1.29, 1.82) is 0 Å². The third kappa shape index (κ3) is 5.53. The van der Waals surface area contributed by atoms with Crippen molar-refractivity contribution < 1.29 is 26.8 Å². The molecule has 0 radical (unpaired) electrons. The molecule has 2 N–H and O–H groups in total. The van der Waals surface area contributed by atoms with E-state index >= 15 is 0 Å². The van der Waals surface area contributed by atoms with E-state index < -0.39 is 33.6 Å². The van der Waals surface area contributed by atoms with Gasteiger partial charge in [-0.2, -0.15) is 0 Å². The van der Waals surface area contributed by atoms with Gasteiger partial charge in [0.2, 0.25) is 15.9 Å². The number of amides is 2. The fourth-order valence-electron chi connectivity index (χ4n) is 2.79. The van der Waals surface area contributed by atoms with Gasteiger partial charge in [0.1, 0.15) is 6.04 Å². The molecule has 162 valence electrons. The third-order valence-corrected chi connectivity index (χ3v) is 5.45. The van der Waals surface area contributed by atoms with Crippen molar-refractivity contribution in [3.63, 3.8) is 0 Å². The van der Waals surface area contributed by atoms with E-state index in [4.69, 9.17) is 0 Å². The summed E-state index contributed by atoms with van der Waals surface area (Å²) in [6, 6.07) is 7.51. The number of nitrogens with zero attached hydrogens (tertiary/aromatic N) is 1. The van der Waals surface area contributed by atoms with Crippen molar-refractivity contribution in [2.24, 2.45) is 0 Å². The second-order valence-electron chi connectivity index (χ2n) is 6.62. The Morgan fingerprint density at radius 2 is 1.77 bits per heavy atom. The molecule has 0 aromatic heterocycles. The highest BCUT2D eigenvalue weighted by molar-refractivity contribution is 7.92. The molecule has 10 heteroatoms. The lowest BCUT2D eigenvalue weighted by Crippen LogP contribution is -2.45. The fourth-order valence-corrected chi connectivity index (χ4v) is 3.96. The quantitative estimate of drug-likeness (QED) is 0.661. The molecule has 0 aliphatic heterocycles. The molecule has 2 rings (SSSR count). The predicted molar refractivity (Wildman–Crippen MR) is 111 cm³/mol. The fraction of sp³-hybridized carbons (Fsp3) is 0.300. The van der Waals surface area contributed by atoms with Crippen molar-refractivity contribution >= 4 is 33.2 Å². The van der Waals surface area contributed by atoms with Crippen LogP contribution in [0.1, 0.15) is 30.6 Å². The van der Waals surface area contributed by atoms with E-state index in [0.717, 1.165) is 24.8 Å². The molecule has 0 spiro atoms. The molecule has 0 fully saturated rings. The number of hydrogen-bond acceptors (Lipinski definition) is 4. The number of anilines is 2. The lowest BCUT2D eigenvalue weighted by molar-refractivity contribution is -0.116. The van der Waals surface area contributed by atoms with E-state index in [9.17, 15) is 26.8 Å². The summed E-state index contributed by atoms with van der Waals surface area (Å²) in [7, 11) is -4.02. The maximum atomic E-state index is 13.6. The summed E-state index contributed by atoms with van der Waals surface area (Å²) >= 11 is 0. The third-order valence-electron chi connectivity index (χ3n) is 4.21. The van der Waals surface area contributed by atoms with Crippen LogP contribution in [0.15, 0.2) is 42.5 Å². The van der Waals surface area contributed by atoms with Gasteiger partial charge in [0, 0.05) is 12.6 Å². The maximum Gasteiger partial charge on any atom is 0.253 e. The molecular formula is C20H23F2N3O4S. The first-order valence-electron chi connectivity index (χ1n) is 9.18. The minimum absolute atomic E-state index is 0.196. The zero-order chi connectivity index (χ0) is 22.5. The Bertz CT molecular complexity index is 1040. The average molecular weight is 439 g/mol. The van der Waals surface area contributed by atoms with Gasteiger partial charge in [0.15, 0.2) is 11.6 Å². The second-order valence-corrected chi connectivity index (χ2v) is 8.48. The standard InChI is InChI=1S/C20H23F2N3O4S/c1-4-11-23-20(27)15-7-5-6-8-18(15)24-19(26)13(2)25(30(3,28)29)14-9-10-16(21)17(22)12-14/h5-10,12-13H,4,11H2,1-3H3,(H,23,27)(H,24,26). The first-order chi connectivity index (χ1) is 14.1. The van der Waals surface area contributed by atoms with Crippen LogP contribution in [-0.2, 0) is 14.8 Å². The minimum atomic E-state index is -4.02. The molecule has 0 saturated heterocycles. The van der Waals surface area contributed by atoms with Crippen LogP contribution in [0.3, 0.4) is 0 Å². The SMILES string of the molecule is CCCNC(=O)c1ccccc1NC(=O)C(C)N(c1ccc(F)c(F)c1)S(C)(=O)=O. The van der Waals surface area contributed by atoms with Crippen LogP contribution in [0.5, 0.6) is 0 Å². The predicted octanol–water partition coefficient (Wildman–Crippen LogP) is 2.90. The molecule has 0 bridgehead atoms. The molecule has 1 atom stereocenters.